The van der Waals surface area contributed by atoms with Gasteiger partial charge in [-0.15, -0.1) is 0 Å². The minimum absolute atomic E-state index is 0.0170. The van der Waals surface area contributed by atoms with Crippen LogP contribution in [-0.4, -0.2) is 35.9 Å². The van der Waals surface area contributed by atoms with E-state index in [4.69, 9.17) is 4.74 Å². The first-order valence-corrected chi connectivity index (χ1v) is 6.97. The molecule has 0 radical (unpaired) electrons. The van der Waals surface area contributed by atoms with Gasteiger partial charge in [-0.2, -0.15) is 0 Å². The van der Waals surface area contributed by atoms with E-state index in [9.17, 15) is 9.90 Å². The average Bonchev–Trinajstić information content (AvgIpc) is 2.72. The number of hydrogen-bond acceptors (Lipinski definition) is 3. The summed E-state index contributed by atoms with van der Waals surface area (Å²) < 4.78 is 5.51. The molecule has 1 heterocycles. The van der Waals surface area contributed by atoms with Gasteiger partial charge in [0.05, 0.1) is 17.6 Å². The number of nitrogens with one attached hydrogen (secondary N) is 1. The van der Waals surface area contributed by atoms with Crippen LogP contribution in [0.5, 0.6) is 0 Å². The average molecular weight is 257 g/mol. The summed E-state index contributed by atoms with van der Waals surface area (Å²) in [7, 11) is 0. The third kappa shape index (κ3) is 4.58. The summed E-state index contributed by atoms with van der Waals surface area (Å²) in [6.07, 6.45) is 2.38. The highest BCUT2D eigenvalue weighted by Crippen LogP contribution is 2.24. The lowest BCUT2D eigenvalue weighted by Gasteiger charge is -2.26. The summed E-state index contributed by atoms with van der Waals surface area (Å²) in [6, 6.07) is 0. The van der Waals surface area contributed by atoms with Gasteiger partial charge in [-0.25, -0.2) is 0 Å². The number of carbonyl (C=O) groups is 1. The Morgan fingerprint density at radius 2 is 2.22 bits per heavy atom. The Morgan fingerprint density at radius 1 is 1.56 bits per heavy atom. The van der Waals surface area contributed by atoms with Crippen molar-refractivity contribution in [3.63, 3.8) is 0 Å². The Hall–Kier alpha value is -0.610. The molecule has 3 unspecified atom stereocenters. The van der Waals surface area contributed by atoms with E-state index in [-0.39, 0.29) is 17.9 Å². The Balaban J connectivity index is 2.41. The van der Waals surface area contributed by atoms with Crippen LogP contribution < -0.4 is 5.32 Å². The third-order valence-electron chi connectivity index (χ3n) is 3.44. The molecule has 1 rings (SSSR count). The largest absolute Gasteiger partial charge is 0.388 e. The lowest BCUT2D eigenvalue weighted by atomic mass is 9.93. The fourth-order valence-electron chi connectivity index (χ4n) is 2.71. The number of rotatable bonds is 6. The summed E-state index contributed by atoms with van der Waals surface area (Å²) in [4.78, 5) is 12.0. The Bertz CT molecular complexity index is 276. The summed E-state index contributed by atoms with van der Waals surface area (Å²) in [5.41, 5.74) is -0.828. The van der Waals surface area contributed by atoms with E-state index in [0.29, 0.717) is 25.5 Å². The molecule has 3 atom stereocenters. The van der Waals surface area contributed by atoms with Crippen molar-refractivity contribution in [3.8, 4) is 0 Å². The van der Waals surface area contributed by atoms with Crippen molar-refractivity contribution in [3.05, 3.63) is 0 Å². The molecule has 4 heteroatoms. The molecular formula is C14H27NO3. The van der Waals surface area contributed by atoms with Gasteiger partial charge >= 0.3 is 0 Å². The molecule has 0 saturated carbocycles. The van der Waals surface area contributed by atoms with Crippen molar-refractivity contribution in [2.24, 2.45) is 11.8 Å². The monoisotopic (exact) mass is 257 g/mol. The predicted octanol–water partition coefficient (Wildman–Crippen LogP) is 1.71. The van der Waals surface area contributed by atoms with E-state index in [1.165, 1.54) is 0 Å². The maximum absolute atomic E-state index is 12.0. The predicted molar refractivity (Wildman–Crippen MR) is 71.2 cm³/mol. The molecule has 1 saturated heterocycles. The van der Waals surface area contributed by atoms with Crippen LogP contribution in [0.4, 0.5) is 0 Å². The molecule has 18 heavy (non-hydrogen) atoms. The van der Waals surface area contributed by atoms with Crippen LogP contribution in [0, 0.1) is 11.8 Å². The number of carbonyl (C=O) groups excluding carboxylic acids is 1. The maximum Gasteiger partial charge on any atom is 0.225 e. The molecule has 0 aliphatic carbocycles. The van der Waals surface area contributed by atoms with Crippen molar-refractivity contribution in [1.29, 1.82) is 0 Å². The number of aliphatic hydroxyl groups is 1. The van der Waals surface area contributed by atoms with Crippen molar-refractivity contribution >= 4 is 5.91 Å². The summed E-state index contributed by atoms with van der Waals surface area (Å²) in [5, 5.41) is 13.0. The molecule has 1 fully saturated rings. The van der Waals surface area contributed by atoms with E-state index < -0.39 is 5.60 Å². The van der Waals surface area contributed by atoms with Crippen LogP contribution in [0.15, 0.2) is 0 Å². The van der Waals surface area contributed by atoms with Crippen LogP contribution in [0.1, 0.15) is 47.0 Å². The second-order valence-corrected chi connectivity index (χ2v) is 6.03. The van der Waals surface area contributed by atoms with Crippen molar-refractivity contribution in [2.75, 3.05) is 13.2 Å². The van der Waals surface area contributed by atoms with Gasteiger partial charge in [0.25, 0.3) is 0 Å². The summed E-state index contributed by atoms with van der Waals surface area (Å²) in [6.45, 7) is 8.92. The minimum atomic E-state index is -0.828. The quantitative estimate of drug-likeness (QED) is 0.761. The van der Waals surface area contributed by atoms with Crippen LogP contribution in [0.2, 0.25) is 0 Å². The first kappa shape index (κ1) is 15.4. The Morgan fingerprint density at radius 3 is 2.78 bits per heavy atom. The van der Waals surface area contributed by atoms with Crippen LogP contribution in [0.25, 0.3) is 0 Å². The molecule has 1 aliphatic heterocycles. The fourth-order valence-corrected chi connectivity index (χ4v) is 2.71. The molecule has 0 aromatic rings. The van der Waals surface area contributed by atoms with Crippen LogP contribution >= 0.6 is 0 Å². The zero-order valence-electron chi connectivity index (χ0n) is 12.0. The van der Waals surface area contributed by atoms with Crippen LogP contribution in [-0.2, 0) is 9.53 Å². The van der Waals surface area contributed by atoms with E-state index >= 15 is 0 Å². The van der Waals surface area contributed by atoms with Gasteiger partial charge in [-0.05, 0) is 32.1 Å². The Kier molecular flexibility index (Phi) is 5.60. The Labute approximate surface area is 110 Å². The molecule has 0 spiro atoms. The van der Waals surface area contributed by atoms with Gasteiger partial charge in [-0.3, -0.25) is 4.79 Å². The molecule has 1 aliphatic rings. The highest BCUT2D eigenvalue weighted by molar-refractivity contribution is 5.79. The van der Waals surface area contributed by atoms with Gasteiger partial charge in [0.15, 0.2) is 0 Å². The lowest BCUT2D eigenvalue weighted by Crippen LogP contribution is -2.44. The summed E-state index contributed by atoms with van der Waals surface area (Å²) in [5.74, 6) is 0.378. The maximum atomic E-state index is 12.0. The third-order valence-corrected chi connectivity index (χ3v) is 3.44. The number of ether oxygens (including phenoxy) is 1. The van der Waals surface area contributed by atoms with E-state index in [0.717, 1.165) is 12.8 Å². The molecule has 2 N–H and O–H groups in total. The van der Waals surface area contributed by atoms with Crippen molar-refractivity contribution in [2.45, 2.75) is 58.7 Å². The normalized spacial score (nSPS) is 27.2. The minimum Gasteiger partial charge on any atom is -0.388 e. The molecule has 106 valence electrons. The van der Waals surface area contributed by atoms with Crippen LogP contribution in [0.3, 0.4) is 0 Å². The smallest absolute Gasteiger partial charge is 0.225 e. The van der Waals surface area contributed by atoms with Crippen molar-refractivity contribution in [1.82, 2.24) is 5.32 Å². The zero-order chi connectivity index (χ0) is 13.8. The number of amides is 1. The second kappa shape index (κ2) is 6.53. The molecule has 1 amide bonds. The highest BCUT2D eigenvalue weighted by atomic mass is 16.5. The highest BCUT2D eigenvalue weighted by Gasteiger charge is 2.33. The topological polar surface area (TPSA) is 58.6 Å². The van der Waals surface area contributed by atoms with Gasteiger partial charge in [0.2, 0.25) is 5.91 Å². The van der Waals surface area contributed by atoms with Gasteiger partial charge in [0, 0.05) is 13.2 Å². The molecule has 0 aromatic heterocycles. The molecule has 0 aromatic carbocycles. The fraction of sp³-hybridized carbons (Fsp3) is 0.929. The second-order valence-electron chi connectivity index (χ2n) is 6.03. The first-order valence-electron chi connectivity index (χ1n) is 6.97. The van der Waals surface area contributed by atoms with Crippen molar-refractivity contribution < 1.29 is 14.6 Å². The first-order chi connectivity index (χ1) is 8.35. The van der Waals surface area contributed by atoms with E-state index in [1.54, 1.807) is 6.92 Å². The molecule has 0 bridgehead atoms. The van der Waals surface area contributed by atoms with E-state index in [1.807, 2.05) is 6.92 Å². The number of hydrogen-bond donors (Lipinski definition) is 2. The molecule has 4 nitrogen and oxygen atoms in total. The van der Waals surface area contributed by atoms with Gasteiger partial charge < -0.3 is 15.2 Å². The van der Waals surface area contributed by atoms with Gasteiger partial charge in [-0.1, -0.05) is 20.8 Å². The van der Waals surface area contributed by atoms with Gasteiger partial charge in [0.1, 0.15) is 0 Å². The zero-order valence-corrected chi connectivity index (χ0v) is 12.0. The summed E-state index contributed by atoms with van der Waals surface area (Å²) >= 11 is 0. The molecular weight excluding hydrogens is 230 g/mol. The lowest BCUT2D eigenvalue weighted by molar-refractivity contribution is -0.128. The standard InChI is InChI=1S/C14H27NO3/c1-5-12-11(6-7-18-12)13(16)15-9-14(4,17)8-10(2)3/h10-12,17H,5-9H2,1-4H3,(H,15,16). The van der Waals surface area contributed by atoms with E-state index in [2.05, 4.69) is 19.2 Å². The SMILES string of the molecule is CCC1OCCC1C(=O)NCC(C)(O)CC(C)C.